The molecule has 64 valence electrons. The minimum Gasteiger partial charge on any atom is -0.447 e. The van der Waals surface area contributed by atoms with Crippen LogP contribution in [0.2, 0.25) is 0 Å². The van der Waals surface area contributed by atoms with Crippen molar-refractivity contribution in [3.05, 3.63) is 0 Å². The Morgan fingerprint density at radius 2 is 2.09 bits per heavy atom. The molecule has 3 N–H and O–H groups in total. The second kappa shape index (κ2) is 4.68. The van der Waals surface area contributed by atoms with Crippen LogP contribution in [0.5, 0.6) is 0 Å². The lowest BCUT2D eigenvalue weighted by molar-refractivity contribution is -0.119. The Bertz CT molecular complexity index is 156. The van der Waals surface area contributed by atoms with Gasteiger partial charge in [0.15, 0.2) is 0 Å². The van der Waals surface area contributed by atoms with Crippen molar-refractivity contribution < 1.29 is 14.3 Å². The molecule has 0 aromatic heterocycles. The molecule has 0 saturated carbocycles. The van der Waals surface area contributed by atoms with Gasteiger partial charge in [0.25, 0.3) is 0 Å². The van der Waals surface area contributed by atoms with E-state index in [1.54, 1.807) is 13.8 Å². The molecule has 0 aliphatic heterocycles. The van der Waals surface area contributed by atoms with Crippen LogP contribution >= 0.6 is 0 Å². The monoisotopic (exact) mass is 160 g/mol. The van der Waals surface area contributed by atoms with Crippen molar-refractivity contribution >= 4 is 12.0 Å². The van der Waals surface area contributed by atoms with Crippen molar-refractivity contribution in [2.45, 2.75) is 20.0 Å². The number of rotatable bonds is 2. The summed E-state index contributed by atoms with van der Waals surface area (Å²) < 4.78 is 4.60. The summed E-state index contributed by atoms with van der Waals surface area (Å²) in [4.78, 5) is 21.1. The normalized spacial score (nSPS) is 9.45. The molecule has 0 bridgehead atoms. The molecule has 2 amide bonds. The van der Waals surface area contributed by atoms with E-state index in [4.69, 9.17) is 5.73 Å². The molecule has 0 heterocycles. The average molecular weight is 160 g/mol. The Hall–Kier alpha value is -1.10. The van der Waals surface area contributed by atoms with E-state index < -0.39 is 12.0 Å². The maximum absolute atomic E-state index is 10.6. The summed E-state index contributed by atoms with van der Waals surface area (Å²) in [7, 11) is 0. The Morgan fingerprint density at radius 1 is 1.55 bits per heavy atom. The van der Waals surface area contributed by atoms with Gasteiger partial charge in [-0.25, -0.2) is 4.79 Å². The number of hydrogen-bond donors (Lipinski definition) is 2. The van der Waals surface area contributed by atoms with Crippen LogP contribution in [0.3, 0.4) is 0 Å². The maximum atomic E-state index is 10.6. The van der Waals surface area contributed by atoms with Gasteiger partial charge in [0.05, 0.1) is 12.6 Å². The highest BCUT2D eigenvalue weighted by atomic mass is 16.6. The Kier molecular flexibility index (Phi) is 4.21. The summed E-state index contributed by atoms with van der Waals surface area (Å²) in [5.41, 5.74) is 4.93. The molecule has 0 spiro atoms. The first-order valence-corrected chi connectivity index (χ1v) is 3.26. The highest BCUT2D eigenvalue weighted by molar-refractivity contribution is 5.92. The summed E-state index contributed by atoms with van der Waals surface area (Å²) in [5.74, 6) is -0.546. The van der Waals surface area contributed by atoms with Crippen molar-refractivity contribution in [1.82, 2.24) is 5.32 Å². The first kappa shape index (κ1) is 9.90. The van der Waals surface area contributed by atoms with Gasteiger partial charge in [0, 0.05) is 0 Å². The molecule has 0 fully saturated rings. The second-order valence-electron chi connectivity index (χ2n) is 2.21. The summed E-state index contributed by atoms with van der Waals surface area (Å²) in [5, 5.41) is 1.94. The van der Waals surface area contributed by atoms with Gasteiger partial charge in [-0.1, -0.05) is 0 Å². The van der Waals surface area contributed by atoms with Gasteiger partial charge >= 0.3 is 6.09 Å². The molecular formula is C6H12N2O3. The van der Waals surface area contributed by atoms with E-state index in [2.05, 4.69) is 4.74 Å². The topological polar surface area (TPSA) is 81.4 Å². The van der Waals surface area contributed by atoms with E-state index in [9.17, 15) is 9.59 Å². The van der Waals surface area contributed by atoms with Crippen molar-refractivity contribution in [2.75, 3.05) is 6.54 Å². The maximum Gasteiger partial charge on any atom is 0.414 e. The summed E-state index contributed by atoms with van der Waals surface area (Å²) in [6.45, 7) is 3.16. The molecule has 0 rings (SSSR count). The predicted octanol–water partition coefficient (Wildman–Crippen LogP) is -0.394. The van der Waals surface area contributed by atoms with Gasteiger partial charge in [-0.15, -0.1) is 0 Å². The number of imide groups is 1. The van der Waals surface area contributed by atoms with Gasteiger partial charge in [-0.05, 0) is 13.8 Å². The number of alkyl carbamates (subject to hydrolysis) is 1. The minimum absolute atomic E-state index is 0.215. The SMILES string of the molecule is CC(C)OC(=O)NC(=O)CN. The van der Waals surface area contributed by atoms with Gasteiger partial charge in [-0.3, -0.25) is 10.1 Å². The zero-order valence-electron chi connectivity index (χ0n) is 6.59. The van der Waals surface area contributed by atoms with Crippen LogP contribution in [0, 0.1) is 0 Å². The molecule has 0 atom stereocenters. The minimum atomic E-state index is -0.754. The molecular weight excluding hydrogens is 148 g/mol. The summed E-state index contributed by atoms with van der Waals surface area (Å²) >= 11 is 0. The molecule has 0 saturated heterocycles. The van der Waals surface area contributed by atoms with Crippen LogP contribution in [0.1, 0.15) is 13.8 Å². The molecule has 0 radical (unpaired) electrons. The van der Waals surface area contributed by atoms with Crippen LogP contribution < -0.4 is 11.1 Å². The van der Waals surface area contributed by atoms with Gasteiger partial charge in [0.2, 0.25) is 5.91 Å². The molecule has 5 heteroatoms. The Labute approximate surface area is 64.9 Å². The van der Waals surface area contributed by atoms with Crippen LogP contribution in [0.15, 0.2) is 0 Å². The smallest absolute Gasteiger partial charge is 0.414 e. The van der Waals surface area contributed by atoms with E-state index in [-0.39, 0.29) is 12.6 Å². The zero-order valence-corrected chi connectivity index (χ0v) is 6.59. The fourth-order valence-corrected chi connectivity index (χ4v) is 0.408. The summed E-state index contributed by atoms with van der Waals surface area (Å²) in [6, 6.07) is 0. The van der Waals surface area contributed by atoms with Crippen molar-refractivity contribution in [3.8, 4) is 0 Å². The number of amides is 2. The fourth-order valence-electron chi connectivity index (χ4n) is 0.408. The van der Waals surface area contributed by atoms with Crippen LogP contribution in [0.25, 0.3) is 0 Å². The van der Waals surface area contributed by atoms with Crippen LogP contribution in [0.4, 0.5) is 4.79 Å². The van der Waals surface area contributed by atoms with E-state index in [1.807, 2.05) is 5.32 Å². The summed E-state index contributed by atoms with van der Waals surface area (Å²) in [6.07, 6.45) is -0.990. The van der Waals surface area contributed by atoms with E-state index in [0.29, 0.717) is 0 Å². The molecule has 0 unspecified atom stereocenters. The zero-order chi connectivity index (χ0) is 8.85. The van der Waals surface area contributed by atoms with Gasteiger partial charge in [-0.2, -0.15) is 0 Å². The van der Waals surface area contributed by atoms with Gasteiger partial charge in [0.1, 0.15) is 0 Å². The average Bonchev–Trinajstić information content (AvgIpc) is 1.85. The quantitative estimate of drug-likeness (QED) is 0.576. The number of carbonyl (C=O) groups is 2. The molecule has 0 aliphatic rings. The standard InChI is InChI=1S/C6H12N2O3/c1-4(2)11-6(10)8-5(9)3-7/h4H,3,7H2,1-2H3,(H,8,9,10). The largest absolute Gasteiger partial charge is 0.447 e. The van der Waals surface area contributed by atoms with Crippen LogP contribution in [-0.2, 0) is 9.53 Å². The highest BCUT2D eigenvalue weighted by Gasteiger charge is 2.07. The number of nitrogens with one attached hydrogen (secondary N) is 1. The number of hydrogen-bond acceptors (Lipinski definition) is 4. The first-order chi connectivity index (χ1) is 5.06. The number of ether oxygens (including phenoxy) is 1. The van der Waals surface area contributed by atoms with E-state index in [0.717, 1.165) is 0 Å². The lowest BCUT2D eigenvalue weighted by Crippen LogP contribution is -2.36. The lowest BCUT2D eigenvalue weighted by Gasteiger charge is -2.07. The third kappa shape index (κ3) is 5.35. The van der Waals surface area contributed by atoms with E-state index >= 15 is 0 Å². The third-order valence-corrected chi connectivity index (χ3v) is 0.770. The first-order valence-electron chi connectivity index (χ1n) is 3.26. The number of nitrogens with two attached hydrogens (primary N) is 1. The van der Waals surface area contributed by atoms with Gasteiger partial charge < -0.3 is 10.5 Å². The number of carbonyl (C=O) groups excluding carboxylic acids is 2. The molecule has 0 aromatic rings. The fraction of sp³-hybridized carbons (Fsp3) is 0.667. The Balaban J connectivity index is 3.61. The van der Waals surface area contributed by atoms with E-state index in [1.165, 1.54) is 0 Å². The Morgan fingerprint density at radius 3 is 2.45 bits per heavy atom. The second-order valence-corrected chi connectivity index (χ2v) is 2.21. The predicted molar refractivity (Wildman–Crippen MR) is 38.8 cm³/mol. The van der Waals surface area contributed by atoms with Crippen LogP contribution in [-0.4, -0.2) is 24.6 Å². The third-order valence-electron chi connectivity index (χ3n) is 0.770. The molecule has 11 heavy (non-hydrogen) atoms. The lowest BCUT2D eigenvalue weighted by atomic mass is 10.5. The molecule has 0 aliphatic carbocycles. The van der Waals surface area contributed by atoms with Crippen molar-refractivity contribution in [2.24, 2.45) is 5.73 Å². The van der Waals surface area contributed by atoms with Crippen molar-refractivity contribution in [3.63, 3.8) is 0 Å². The molecule has 0 aromatic carbocycles. The van der Waals surface area contributed by atoms with Crippen molar-refractivity contribution in [1.29, 1.82) is 0 Å². The highest BCUT2D eigenvalue weighted by Crippen LogP contribution is 1.87. The molecule has 5 nitrogen and oxygen atoms in total.